The van der Waals surface area contributed by atoms with Gasteiger partial charge in [-0.2, -0.15) is 0 Å². The molecule has 0 fully saturated rings. The molecule has 0 radical (unpaired) electrons. The van der Waals surface area contributed by atoms with Crippen molar-refractivity contribution in [2.75, 3.05) is 0 Å². The van der Waals surface area contributed by atoms with E-state index in [2.05, 4.69) is 43.5 Å². The molecule has 0 saturated heterocycles. The average Bonchev–Trinajstić information content (AvgIpc) is 2.34. The summed E-state index contributed by atoms with van der Waals surface area (Å²) in [7, 11) is 0. The molecule has 1 aliphatic rings. The van der Waals surface area contributed by atoms with Crippen molar-refractivity contribution in [3.63, 3.8) is 0 Å². The minimum Gasteiger partial charge on any atom is -0.271 e. The molecule has 104 valence electrons. The molecular formula is C17H26N2. The lowest BCUT2D eigenvalue weighted by molar-refractivity contribution is 0.554. The number of allylic oxidation sites excluding steroid dienone is 1. The fourth-order valence-corrected chi connectivity index (χ4v) is 3.02. The van der Waals surface area contributed by atoms with Gasteiger partial charge >= 0.3 is 0 Å². The van der Waals surface area contributed by atoms with E-state index in [1.165, 1.54) is 60.8 Å². The Kier molecular flexibility index (Phi) is 5.17. The van der Waals surface area contributed by atoms with Gasteiger partial charge in [0.1, 0.15) is 0 Å². The lowest BCUT2D eigenvalue weighted by Gasteiger charge is -2.23. The van der Waals surface area contributed by atoms with Crippen LogP contribution in [0.3, 0.4) is 0 Å². The fourth-order valence-electron chi connectivity index (χ4n) is 3.02. The number of aryl methyl sites for hydroxylation is 2. The molecule has 0 spiro atoms. The third-order valence-corrected chi connectivity index (χ3v) is 4.10. The zero-order chi connectivity index (χ0) is 13.7. The van der Waals surface area contributed by atoms with Crippen LogP contribution in [0.2, 0.25) is 0 Å². The second kappa shape index (κ2) is 6.88. The van der Waals surface area contributed by atoms with Gasteiger partial charge in [0.2, 0.25) is 0 Å². The van der Waals surface area contributed by atoms with Gasteiger partial charge in [0.05, 0.1) is 6.04 Å². The Morgan fingerprint density at radius 1 is 1.11 bits per heavy atom. The van der Waals surface area contributed by atoms with Crippen LogP contribution in [0.25, 0.3) is 0 Å². The number of hydrazine groups is 1. The molecule has 2 heteroatoms. The van der Waals surface area contributed by atoms with E-state index in [1.54, 1.807) is 0 Å². The standard InChI is InChI=1S/C17H26N2/c1-13-10-11-16(14(2)12-13)17(19-18)15-8-6-4-3-5-7-9-15/h8,10-12,17,19H,3-7,9,18H2,1-2H3/b15-8+. The summed E-state index contributed by atoms with van der Waals surface area (Å²) in [6, 6.07) is 6.81. The van der Waals surface area contributed by atoms with Crippen molar-refractivity contribution in [1.29, 1.82) is 0 Å². The van der Waals surface area contributed by atoms with Crippen molar-refractivity contribution in [1.82, 2.24) is 5.43 Å². The summed E-state index contributed by atoms with van der Waals surface area (Å²) >= 11 is 0. The highest BCUT2D eigenvalue weighted by Gasteiger charge is 2.17. The number of hydrogen-bond acceptors (Lipinski definition) is 2. The van der Waals surface area contributed by atoms with Gasteiger partial charge in [0.15, 0.2) is 0 Å². The predicted octanol–water partition coefficient (Wildman–Crippen LogP) is 4.09. The van der Waals surface area contributed by atoms with Gasteiger partial charge in [-0.25, -0.2) is 5.43 Å². The molecule has 3 N–H and O–H groups in total. The summed E-state index contributed by atoms with van der Waals surface area (Å²) < 4.78 is 0. The van der Waals surface area contributed by atoms with Crippen LogP contribution in [0.4, 0.5) is 0 Å². The highest BCUT2D eigenvalue weighted by Crippen LogP contribution is 2.30. The molecule has 0 aliphatic heterocycles. The van der Waals surface area contributed by atoms with Gasteiger partial charge in [-0.05, 0) is 50.7 Å². The smallest absolute Gasteiger partial charge is 0.0672 e. The van der Waals surface area contributed by atoms with E-state index in [-0.39, 0.29) is 6.04 Å². The van der Waals surface area contributed by atoms with Crippen LogP contribution in [0.1, 0.15) is 61.3 Å². The number of rotatable bonds is 3. The van der Waals surface area contributed by atoms with Crippen LogP contribution in [-0.4, -0.2) is 0 Å². The molecule has 1 aromatic rings. The Balaban J connectivity index is 2.27. The van der Waals surface area contributed by atoms with Crippen LogP contribution >= 0.6 is 0 Å². The van der Waals surface area contributed by atoms with E-state index in [0.717, 1.165) is 0 Å². The topological polar surface area (TPSA) is 38.0 Å². The average molecular weight is 258 g/mol. The van der Waals surface area contributed by atoms with E-state index in [4.69, 9.17) is 5.84 Å². The van der Waals surface area contributed by atoms with Crippen molar-refractivity contribution in [2.24, 2.45) is 5.84 Å². The minimum atomic E-state index is 0.179. The molecule has 0 saturated carbocycles. The lowest BCUT2D eigenvalue weighted by Crippen LogP contribution is -2.30. The maximum atomic E-state index is 5.84. The first-order chi connectivity index (χ1) is 9.22. The van der Waals surface area contributed by atoms with Crippen molar-refractivity contribution >= 4 is 0 Å². The van der Waals surface area contributed by atoms with Crippen LogP contribution in [-0.2, 0) is 0 Å². The Bertz CT molecular complexity index is 449. The van der Waals surface area contributed by atoms with Crippen molar-refractivity contribution in [2.45, 2.75) is 58.4 Å². The van der Waals surface area contributed by atoms with E-state index < -0.39 is 0 Å². The molecule has 1 aliphatic carbocycles. The Hall–Kier alpha value is -1.12. The zero-order valence-corrected chi connectivity index (χ0v) is 12.2. The number of nitrogens with one attached hydrogen (secondary N) is 1. The minimum absolute atomic E-state index is 0.179. The van der Waals surface area contributed by atoms with Gasteiger partial charge in [0.25, 0.3) is 0 Å². The lowest BCUT2D eigenvalue weighted by atomic mass is 9.89. The van der Waals surface area contributed by atoms with Gasteiger partial charge in [0, 0.05) is 0 Å². The van der Waals surface area contributed by atoms with E-state index >= 15 is 0 Å². The van der Waals surface area contributed by atoms with Crippen molar-refractivity contribution in [3.05, 3.63) is 46.5 Å². The van der Waals surface area contributed by atoms with Crippen LogP contribution in [0.5, 0.6) is 0 Å². The van der Waals surface area contributed by atoms with Gasteiger partial charge < -0.3 is 0 Å². The molecule has 1 aromatic carbocycles. The fraction of sp³-hybridized carbons (Fsp3) is 0.529. The maximum Gasteiger partial charge on any atom is 0.0672 e. The van der Waals surface area contributed by atoms with Crippen LogP contribution in [0.15, 0.2) is 29.8 Å². The first kappa shape index (κ1) is 14.3. The second-order valence-electron chi connectivity index (χ2n) is 5.69. The largest absolute Gasteiger partial charge is 0.271 e. The van der Waals surface area contributed by atoms with E-state index in [0.29, 0.717) is 0 Å². The molecule has 19 heavy (non-hydrogen) atoms. The third-order valence-electron chi connectivity index (χ3n) is 4.10. The summed E-state index contributed by atoms with van der Waals surface area (Å²) in [6.45, 7) is 4.31. The summed E-state index contributed by atoms with van der Waals surface area (Å²) in [5.41, 5.74) is 8.45. The summed E-state index contributed by atoms with van der Waals surface area (Å²) in [4.78, 5) is 0. The normalized spacial score (nSPS) is 21.1. The number of benzene rings is 1. The molecule has 0 bridgehead atoms. The quantitative estimate of drug-likeness (QED) is 0.487. The van der Waals surface area contributed by atoms with E-state index in [1.807, 2.05) is 0 Å². The number of hydrogen-bond donors (Lipinski definition) is 2. The van der Waals surface area contributed by atoms with Crippen LogP contribution in [0, 0.1) is 13.8 Å². The molecule has 1 unspecified atom stereocenters. The van der Waals surface area contributed by atoms with Gasteiger partial charge in [-0.3, -0.25) is 5.84 Å². The Labute approximate surface area is 117 Å². The third kappa shape index (κ3) is 3.68. The highest BCUT2D eigenvalue weighted by molar-refractivity contribution is 5.37. The Morgan fingerprint density at radius 2 is 1.89 bits per heavy atom. The zero-order valence-electron chi connectivity index (χ0n) is 12.2. The molecule has 0 aromatic heterocycles. The summed E-state index contributed by atoms with van der Waals surface area (Å²) in [5.74, 6) is 5.84. The first-order valence-electron chi connectivity index (χ1n) is 7.44. The predicted molar refractivity (Wildman–Crippen MR) is 81.8 cm³/mol. The molecule has 0 heterocycles. The van der Waals surface area contributed by atoms with Crippen molar-refractivity contribution in [3.8, 4) is 0 Å². The highest BCUT2D eigenvalue weighted by atomic mass is 15.2. The second-order valence-corrected chi connectivity index (χ2v) is 5.69. The molecule has 2 rings (SSSR count). The SMILES string of the molecule is Cc1ccc(C(NN)/C2=C/CCCCCC2)c(C)c1. The van der Waals surface area contributed by atoms with Gasteiger partial charge in [-0.15, -0.1) is 0 Å². The van der Waals surface area contributed by atoms with Crippen molar-refractivity contribution < 1.29 is 0 Å². The Morgan fingerprint density at radius 3 is 2.63 bits per heavy atom. The molecule has 2 nitrogen and oxygen atoms in total. The molecule has 1 atom stereocenters. The maximum absolute atomic E-state index is 5.84. The van der Waals surface area contributed by atoms with Gasteiger partial charge in [-0.1, -0.05) is 48.3 Å². The summed E-state index contributed by atoms with van der Waals surface area (Å²) in [5, 5.41) is 0. The number of nitrogens with two attached hydrogens (primary N) is 1. The molecule has 0 amide bonds. The van der Waals surface area contributed by atoms with Crippen LogP contribution < -0.4 is 11.3 Å². The summed E-state index contributed by atoms with van der Waals surface area (Å²) in [6.07, 6.45) is 10.1. The molecular weight excluding hydrogens is 232 g/mol. The monoisotopic (exact) mass is 258 g/mol. The van der Waals surface area contributed by atoms with E-state index in [9.17, 15) is 0 Å². The first-order valence-corrected chi connectivity index (χ1v) is 7.44.